The number of aryl methyl sites for hydroxylation is 1. The molecule has 5 amide bonds. The summed E-state index contributed by atoms with van der Waals surface area (Å²) >= 11 is 0. The fourth-order valence-electron chi connectivity index (χ4n) is 3.22. The van der Waals surface area contributed by atoms with E-state index in [0.29, 0.717) is 12.1 Å². The molecule has 7 nitrogen and oxygen atoms in total. The van der Waals surface area contributed by atoms with Gasteiger partial charge in [-0.1, -0.05) is 49.4 Å². The maximum Gasteiger partial charge on any atom is 0.334 e. The number of hydrogen-bond donors (Lipinski definition) is 0. The van der Waals surface area contributed by atoms with Crippen LogP contribution in [0, 0.1) is 6.92 Å². The Hall–Kier alpha value is -3.48. The monoisotopic (exact) mass is 393 g/mol. The van der Waals surface area contributed by atoms with E-state index in [4.69, 9.17) is 0 Å². The molecule has 0 unspecified atom stereocenters. The van der Waals surface area contributed by atoms with Crippen LogP contribution in [0.5, 0.6) is 0 Å². The number of amides is 5. The average Bonchev–Trinajstić information content (AvgIpc) is 2.91. The number of carbonyl (C=O) groups excluding carboxylic acids is 4. The van der Waals surface area contributed by atoms with E-state index in [1.807, 2.05) is 55.5 Å². The van der Waals surface area contributed by atoms with Gasteiger partial charge in [0.15, 0.2) is 0 Å². The molecule has 0 N–H and O–H groups in total. The standard InChI is InChI=1S/C22H23N3O4/c1-3-12-23-20(27)21(28)25(22(23)29)15-19(26)24(14-17-9-5-4-6-10-17)18-11-7-8-16(2)13-18/h4-11,13H,3,12,14-15H2,1-2H3. The van der Waals surface area contributed by atoms with Crippen LogP contribution in [-0.2, 0) is 20.9 Å². The van der Waals surface area contributed by atoms with E-state index in [9.17, 15) is 19.2 Å². The third-order valence-corrected chi connectivity index (χ3v) is 4.67. The van der Waals surface area contributed by atoms with E-state index < -0.39 is 30.3 Å². The van der Waals surface area contributed by atoms with Gasteiger partial charge in [0.1, 0.15) is 6.54 Å². The quantitative estimate of drug-likeness (QED) is 0.535. The summed E-state index contributed by atoms with van der Waals surface area (Å²) in [4.78, 5) is 53.1. The lowest BCUT2D eigenvalue weighted by atomic mass is 10.1. The second-order valence-corrected chi connectivity index (χ2v) is 6.94. The molecule has 0 spiro atoms. The number of hydrogen-bond acceptors (Lipinski definition) is 4. The van der Waals surface area contributed by atoms with Gasteiger partial charge in [0.2, 0.25) is 5.91 Å². The van der Waals surface area contributed by atoms with Crippen molar-refractivity contribution in [3.8, 4) is 0 Å². The Morgan fingerprint density at radius 1 is 0.931 bits per heavy atom. The number of imide groups is 2. The van der Waals surface area contributed by atoms with Crippen molar-refractivity contribution in [3.05, 3.63) is 65.7 Å². The van der Waals surface area contributed by atoms with Gasteiger partial charge in [0.05, 0.1) is 6.54 Å². The van der Waals surface area contributed by atoms with Gasteiger partial charge in [-0.3, -0.25) is 19.3 Å². The topological polar surface area (TPSA) is 78.0 Å². The Kier molecular flexibility index (Phi) is 6.07. The zero-order valence-electron chi connectivity index (χ0n) is 16.5. The minimum absolute atomic E-state index is 0.152. The van der Waals surface area contributed by atoms with Gasteiger partial charge in [0.25, 0.3) is 0 Å². The zero-order valence-corrected chi connectivity index (χ0v) is 16.5. The summed E-state index contributed by atoms with van der Waals surface area (Å²) < 4.78 is 0. The molecule has 2 aromatic carbocycles. The Bertz CT molecular complexity index is 942. The maximum atomic E-state index is 13.1. The first-order valence-corrected chi connectivity index (χ1v) is 9.50. The number of urea groups is 1. The van der Waals surface area contributed by atoms with E-state index >= 15 is 0 Å². The molecule has 2 aromatic rings. The number of anilines is 1. The largest absolute Gasteiger partial charge is 0.334 e. The Labute approximate surface area is 169 Å². The van der Waals surface area contributed by atoms with Crippen molar-refractivity contribution in [3.63, 3.8) is 0 Å². The van der Waals surface area contributed by atoms with Crippen molar-refractivity contribution in [1.82, 2.24) is 9.80 Å². The molecule has 29 heavy (non-hydrogen) atoms. The Balaban J connectivity index is 1.86. The van der Waals surface area contributed by atoms with E-state index in [-0.39, 0.29) is 13.1 Å². The SMILES string of the molecule is CCCN1C(=O)C(=O)N(CC(=O)N(Cc2ccccc2)c2cccc(C)c2)C1=O. The summed E-state index contributed by atoms with van der Waals surface area (Å²) in [6.07, 6.45) is 0.538. The molecule has 0 radical (unpaired) electrons. The predicted octanol–water partition coefficient (Wildman–Crippen LogP) is 2.73. The first-order chi connectivity index (χ1) is 13.9. The van der Waals surface area contributed by atoms with Crippen molar-refractivity contribution < 1.29 is 19.2 Å². The van der Waals surface area contributed by atoms with E-state index in [0.717, 1.165) is 20.9 Å². The summed E-state index contributed by atoms with van der Waals surface area (Å²) in [5.41, 5.74) is 2.55. The van der Waals surface area contributed by atoms with Crippen LogP contribution < -0.4 is 4.90 Å². The first kappa shape index (κ1) is 20.3. The molecule has 1 fully saturated rings. The van der Waals surface area contributed by atoms with Gasteiger partial charge < -0.3 is 4.90 Å². The minimum atomic E-state index is -0.958. The van der Waals surface area contributed by atoms with Gasteiger partial charge in [-0.2, -0.15) is 0 Å². The lowest BCUT2D eigenvalue weighted by Crippen LogP contribution is -2.43. The molecule has 1 aliphatic heterocycles. The molecule has 0 atom stereocenters. The third kappa shape index (κ3) is 4.34. The highest BCUT2D eigenvalue weighted by molar-refractivity contribution is 6.45. The normalized spacial score (nSPS) is 13.9. The lowest BCUT2D eigenvalue weighted by Gasteiger charge is -2.25. The highest BCUT2D eigenvalue weighted by atomic mass is 16.2. The van der Waals surface area contributed by atoms with Gasteiger partial charge in [-0.05, 0) is 36.6 Å². The summed E-state index contributed by atoms with van der Waals surface area (Å²) in [6.45, 7) is 3.68. The van der Waals surface area contributed by atoms with Crippen molar-refractivity contribution in [2.45, 2.75) is 26.8 Å². The molecule has 0 bridgehead atoms. The van der Waals surface area contributed by atoms with Crippen molar-refractivity contribution in [2.75, 3.05) is 18.0 Å². The molecular formula is C22H23N3O4. The molecule has 1 saturated heterocycles. The fraction of sp³-hybridized carbons (Fsp3) is 0.273. The van der Waals surface area contributed by atoms with Crippen LogP contribution in [0.2, 0.25) is 0 Å². The van der Waals surface area contributed by atoms with E-state index in [1.54, 1.807) is 13.0 Å². The van der Waals surface area contributed by atoms with Gasteiger partial charge >= 0.3 is 17.8 Å². The second-order valence-electron chi connectivity index (χ2n) is 6.94. The summed E-state index contributed by atoms with van der Waals surface area (Å²) in [6, 6.07) is 16.1. The molecule has 1 aliphatic rings. The molecule has 3 rings (SSSR count). The Morgan fingerprint density at radius 2 is 1.62 bits per heavy atom. The minimum Gasteiger partial charge on any atom is -0.306 e. The van der Waals surface area contributed by atoms with Crippen molar-refractivity contribution in [1.29, 1.82) is 0 Å². The van der Waals surface area contributed by atoms with E-state index in [1.165, 1.54) is 4.90 Å². The summed E-state index contributed by atoms with van der Waals surface area (Å²) in [7, 11) is 0. The van der Waals surface area contributed by atoms with Crippen LogP contribution in [0.3, 0.4) is 0 Å². The van der Waals surface area contributed by atoms with Crippen LogP contribution in [0.1, 0.15) is 24.5 Å². The predicted molar refractivity (Wildman–Crippen MR) is 108 cm³/mol. The Morgan fingerprint density at radius 3 is 2.28 bits per heavy atom. The van der Waals surface area contributed by atoms with Crippen LogP contribution in [0.4, 0.5) is 10.5 Å². The number of rotatable bonds is 7. The number of carbonyl (C=O) groups is 4. The van der Waals surface area contributed by atoms with Crippen molar-refractivity contribution in [2.24, 2.45) is 0 Å². The van der Waals surface area contributed by atoms with Crippen LogP contribution >= 0.6 is 0 Å². The van der Waals surface area contributed by atoms with Crippen LogP contribution in [0.25, 0.3) is 0 Å². The molecule has 150 valence electrons. The average molecular weight is 393 g/mol. The molecule has 0 aromatic heterocycles. The van der Waals surface area contributed by atoms with Gasteiger partial charge in [-0.15, -0.1) is 0 Å². The van der Waals surface area contributed by atoms with Gasteiger partial charge in [0, 0.05) is 12.2 Å². The molecule has 1 heterocycles. The fourth-order valence-corrected chi connectivity index (χ4v) is 3.22. The van der Waals surface area contributed by atoms with Gasteiger partial charge in [-0.25, -0.2) is 9.69 Å². The van der Waals surface area contributed by atoms with Crippen LogP contribution in [0.15, 0.2) is 54.6 Å². The molecule has 7 heteroatoms. The smallest absolute Gasteiger partial charge is 0.306 e. The highest BCUT2D eigenvalue weighted by Gasteiger charge is 2.45. The summed E-state index contributed by atoms with van der Waals surface area (Å²) in [5, 5.41) is 0. The molecule has 0 aliphatic carbocycles. The third-order valence-electron chi connectivity index (χ3n) is 4.67. The summed E-state index contributed by atoms with van der Waals surface area (Å²) in [5.74, 6) is -2.28. The molecule has 0 saturated carbocycles. The van der Waals surface area contributed by atoms with Crippen molar-refractivity contribution >= 4 is 29.4 Å². The zero-order chi connectivity index (χ0) is 21.0. The maximum absolute atomic E-state index is 13.1. The van der Waals surface area contributed by atoms with E-state index in [2.05, 4.69) is 0 Å². The van der Waals surface area contributed by atoms with Crippen LogP contribution in [-0.4, -0.2) is 46.6 Å². The number of benzene rings is 2. The highest BCUT2D eigenvalue weighted by Crippen LogP contribution is 2.21. The second kappa shape index (κ2) is 8.68. The lowest BCUT2D eigenvalue weighted by molar-refractivity contribution is -0.143. The number of nitrogens with zero attached hydrogens (tertiary/aromatic N) is 3. The first-order valence-electron chi connectivity index (χ1n) is 9.50. The molecular weight excluding hydrogens is 370 g/mol.